The Balaban J connectivity index is 1.72. The number of H-pyrrole nitrogens is 1. The van der Waals surface area contributed by atoms with E-state index < -0.39 is 28.7 Å². The predicted molar refractivity (Wildman–Crippen MR) is 83.2 cm³/mol. The van der Waals surface area contributed by atoms with Gasteiger partial charge in [-0.25, -0.2) is 13.8 Å². The fraction of sp³-hybridized carbons (Fsp3) is 0.0667. The van der Waals surface area contributed by atoms with E-state index in [1.54, 1.807) is 0 Å². The predicted octanol–water partition coefficient (Wildman–Crippen LogP) is 2.92. The zero-order chi connectivity index (χ0) is 18.7. The molecule has 0 atom stereocenters. The molecular weight excluding hydrogens is 375 g/mol. The lowest BCUT2D eigenvalue weighted by Crippen LogP contribution is -2.03. The van der Waals surface area contributed by atoms with Crippen LogP contribution < -0.4 is 8.92 Å². The minimum atomic E-state index is -5.13. The molecule has 0 spiro atoms. The third-order valence-corrected chi connectivity index (χ3v) is 3.61. The average Bonchev–Trinajstić information content (AvgIpc) is 3.08. The second-order valence-corrected chi connectivity index (χ2v) is 5.93. The Morgan fingerprint density at radius 1 is 1.04 bits per heavy atom. The Kier molecular flexibility index (Phi) is 4.80. The zero-order valence-electron chi connectivity index (χ0n) is 12.8. The number of nitrogens with one attached hydrogen (secondary N) is 1. The van der Waals surface area contributed by atoms with Gasteiger partial charge in [-0.15, -0.1) is 0 Å². The van der Waals surface area contributed by atoms with Crippen LogP contribution in [0.2, 0.25) is 0 Å². The van der Waals surface area contributed by atoms with Crippen LogP contribution in [-0.4, -0.2) is 23.6 Å². The van der Waals surface area contributed by atoms with E-state index in [9.17, 15) is 21.1 Å². The first-order valence-corrected chi connectivity index (χ1v) is 8.34. The maximum atomic E-state index is 14.1. The van der Waals surface area contributed by atoms with Gasteiger partial charge in [0.1, 0.15) is 36.1 Å². The lowest BCUT2D eigenvalue weighted by atomic mass is 10.1. The van der Waals surface area contributed by atoms with Crippen molar-refractivity contribution in [2.75, 3.05) is 0 Å². The molecular formula is C15H10F3N3O4S. The molecule has 7 nitrogen and oxygen atoms in total. The van der Waals surface area contributed by atoms with Gasteiger partial charge < -0.3 is 8.92 Å². The van der Waals surface area contributed by atoms with Crippen molar-refractivity contribution in [3.63, 3.8) is 0 Å². The summed E-state index contributed by atoms with van der Waals surface area (Å²) in [7, 11) is -5.13. The Morgan fingerprint density at radius 3 is 2.19 bits per heavy atom. The first-order chi connectivity index (χ1) is 12.3. The van der Waals surface area contributed by atoms with Gasteiger partial charge in [0.05, 0.1) is 5.56 Å². The van der Waals surface area contributed by atoms with Gasteiger partial charge in [0, 0.05) is 5.56 Å². The minimum Gasteiger partial charge on any atom is -0.489 e. The van der Waals surface area contributed by atoms with Crippen molar-refractivity contribution in [2.24, 2.45) is 0 Å². The average molecular weight is 385 g/mol. The molecule has 26 heavy (non-hydrogen) atoms. The number of aromatic amines is 1. The molecule has 3 aromatic rings. The summed E-state index contributed by atoms with van der Waals surface area (Å²) in [5.41, 5.74) is -0.144. The van der Waals surface area contributed by atoms with Gasteiger partial charge in [-0.1, -0.05) is 3.89 Å². The SMILES string of the molecule is O=S(=O)(F)Oc1ccc(OCc2c(F)cc(-c3nc[nH]n3)cc2F)cc1. The summed E-state index contributed by atoms with van der Waals surface area (Å²) in [6.45, 7) is -0.423. The van der Waals surface area contributed by atoms with E-state index in [-0.39, 0.29) is 28.5 Å². The molecule has 1 heterocycles. The van der Waals surface area contributed by atoms with Crippen LogP contribution in [0.5, 0.6) is 11.5 Å². The standard InChI is InChI=1S/C15H10F3N3O4S/c16-13-5-9(15-19-8-20-21-15)6-14(17)12(13)7-24-10-1-3-11(4-2-10)25-26(18,22)23/h1-6,8H,7H2,(H,19,20,21). The summed E-state index contributed by atoms with van der Waals surface area (Å²) >= 11 is 0. The zero-order valence-corrected chi connectivity index (χ0v) is 13.6. The first-order valence-electron chi connectivity index (χ1n) is 7.03. The Bertz CT molecular complexity index is 986. The minimum absolute atomic E-state index is 0.147. The van der Waals surface area contributed by atoms with Crippen LogP contribution in [0.1, 0.15) is 5.56 Å². The molecule has 2 aromatic carbocycles. The summed E-state index contributed by atoms with van der Waals surface area (Å²) in [4.78, 5) is 3.81. The van der Waals surface area contributed by atoms with E-state index >= 15 is 0 Å². The van der Waals surface area contributed by atoms with Crippen LogP contribution in [0.3, 0.4) is 0 Å². The normalized spacial score (nSPS) is 11.3. The summed E-state index contributed by atoms with van der Waals surface area (Å²) in [5.74, 6) is -1.63. The van der Waals surface area contributed by atoms with E-state index in [2.05, 4.69) is 19.4 Å². The molecule has 0 amide bonds. The van der Waals surface area contributed by atoms with Crippen molar-refractivity contribution >= 4 is 10.5 Å². The number of rotatable bonds is 6. The second-order valence-electron chi connectivity index (χ2n) is 4.98. The van der Waals surface area contributed by atoms with Crippen molar-refractivity contribution in [2.45, 2.75) is 6.61 Å². The van der Waals surface area contributed by atoms with Crippen molar-refractivity contribution in [1.29, 1.82) is 0 Å². The second kappa shape index (κ2) is 7.04. The molecule has 11 heteroatoms. The van der Waals surface area contributed by atoms with Gasteiger partial charge in [-0.3, -0.25) is 5.10 Å². The van der Waals surface area contributed by atoms with Crippen molar-refractivity contribution in [3.8, 4) is 22.9 Å². The van der Waals surface area contributed by atoms with E-state index in [1.807, 2.05) is 0 Å². The number of nitrogens with zero attached hydrogens (tertiary/aromatic N) is 2. The van der Waals surface area contributed by atoms with Crippen LogP contribution in [0.4, 0.5) is 12.7 Å². The van der Waals surface area contributed by atoms with Gasteiger partial charge >= 0.3 is 10.5 Å². The molecule has 1 N–H and O–H groups in total. The Labute approximate surface area is 145 Å². The monoisotopic (exact) mass is 385 g/mol. The molecule has 0 aliphatic carbocycles. The largest absolute Gasteiger partial charge is 0.489 e. The summed E-state index contributed by atoms with van der Waals surface area (Å²) in [6.07, 6.45) is 1.28. The molecule has 0 aliphatic rings. The maximum absolute atomic E-state index is 14.1. The van der Waals surface area contributed by atoms with Crippen molar-refractivity contribution in [3.05, 3.63) is 59.9 Å². The number of ether oxygens (including phenoxy) is 1. The highest BCUT2D eigenvalue weighted by molar-refractivity contribution is 7.81. The van der Waals surface area contributed by atoms with Crippen molar-refractivity contribution in [1.82, 2.24) is 15.2 Å². The fourth-order valence-corrected chi connectivity index (χ4v) is 2.42. The molecule has 0 radical (unpaired) electrons. The van der Waals surface area contributed by atoms with E-state index in [1.165, 1.54) is 18.5 Å². The summed E-state index contributed by atoms with van der Waals surface area (Å²) in [6, 6.07) is 6.94. The molecule has 136 valence electrons. The summed E-state index contributed by atoms with van der Waals surface area (Å²) in [5, 5.41) is 6.19. The summed E-state index contributed by atoms with van der Waals surface area (Å²) < 4.78 is 70.7. The highest BCUT2D eigenvalue weighted by Gasteiger charge is 2.15. The molecule has 0 bridgehead atoms. The molecule has 0 saturated heterocycles. The molecule has 0 unspecified atom stereocenters. The lowest BCUT2D eigenvalue weighted by Gasteiger charge is -2.10. The molecule has 0 fully saturated rings. The van der Waals surface area contributed by atoms with E-state index in [4.69, 9.17) is 4.74 Å². The maximum Gasteiger partial charge on any atom is 0.488 e. The van der Waals surface area contributed by atoms with Crippen LogP contribution in [0.15, 0.2) is 42.7 Å². The number of hydrogen-bond acceptors (Lipinski definition) is 6. The third-order valence-electron chi connectivity index (χ3n) is 3.22. The number of benzene rings is 2. The Morgan fingerprint density at radius 2 is 1.65 bits per heavy atom. The smallest absolute Gasteiger partial charge is 0.488 e. The Hall–Kier alpha value is -3.08. The molecule has 1 aromatic heterocycles. The van der Waals surface area contributed by atoms with Crippen LogP contribution in [0, 0.1) is 11.6 Å². The highest BCUT2D eigenvalue weighted by Crippen LogP contribution is 2.24. The van der Waals surface area contributed by atoms with E-state index in [0.29, 0.717) is 0 Å². The molecule has 0 aliphatic heterocycles. The topological polar surface area (TPSA) is 94.2 Å². The van der Waals surface area contributed by atoms with Gasteiger partial charge in [-0.05, 0) is 36.4 Å². The van der Waals surface area contributed by atoms with Gasteiger partial charge in [0.2, 0.25) is 0 Å². The quantitative estimate of drug-likeness (QED) is 0.656. The number of hydrogen-bond donors (Lipinski definition) is 1. The number of halogens is 3. The van der Waals surface area contributed by atoms with Gasteiger partial charge in [0.15, 0.2) is 5.82 Å². The molecule has 3 rings (SSSR count). The third kappa shape index (κ3) is 4.30. The lowest BCUT2D eigenvalue weighted by molar-refractivity contribution is 0.292. The van der Waals surface area contributed by atoms with E-state index in [0.717, 1.165) is 24.3 Å². The van der Waals surface area contributed by atoms with Crippen LogP contribution in [0.25, 0.3) is 11.4 Å². The van der Waals surface area contributed by atoms with Gasteiger partial charge in [-0.2, -0.15) is 13.5 Å². The van der Waals surface area contributed by atoms with Crippen LogP contribution >= 0.6 is 0 Å². The van der Waals surface area contributed by atoms with Crippen molar-refractivity contribution < 1.29 is 30.0 Å². The van der Waals surface area contributed by atoms with Gasteiger partial charge in [0.25, 0.3) is 0 Å². The van der Waals surface area contributed by atoms with Crippen LogP contribution in [-0.2, 0) is 17.1 Å². The number of aromatic nitrogens is 3. The first kappa shape index (κ1) is 17.7. The fourth-order valence-electron chi connectivity index (χ4n) is 2.08. The molecule has 0 saturated carbocycles. The highest BCUT2D eigenvalue weighted by atomic mass is 32.3.